The zero-order chi connectivity index (χ0) is 27.7. The number of alkyl halides is 3. The molecule has 11 nitrogen and oxygen atoms in total. The summed E-state index contributed by atoms with van der Waals surface area (Å²) in [6.07, 6.45) is -3.26. The highest BCUT2D eigenvalue weighted by Gasteiger charge is 2.35. The Morgan fingerprint density at radius 2 is 1.82 bits per heavy atom. The lowest BCUT2D eigenvalue weighted by atomic mass is 9.90. The first kappa shape index (κ1) is 26.3. The number of hydrogen-bond acceptors (Lipinski definition) is 10. The summed E-state index contributed by atoms with van der Waals surface area (Å²) < 4.78 is 50.3. The van der Waals surface area contributed by atoms with Gasteiger partial charge >= 0.3 is 12.3 Å². The molecule has 15 heteroatoms. The van der Waals surface area contributed by atoms with E-state index in [1.54, 1.807) is 36.1 Å². The summed E-state index contributed by atoms with van der Waals surface area (Å²) in [5, 5.41) is 8.23. The van der Waals surface area contributed by atoms with E-state index in [4.69, 9.17) is 26.5 Å². The lowest BCUT2D eigenvalue weighted by Crippen LogP contribution is -2.40. The second kappa shape index (κ2) is 10.4. The van der Waals surface area contributed by atoms with Gasteiger partial charge in [-0.05, 0) is 38.0 Å². The molecule has 0 unspecified atom stereocenters. The maximum Gasteiger partial charge on any atom is 0.451 e. The van der Waals surface area contributed by atoms with Crippen molar-refractivity contribution in [3.05, 3.63) is 58.8 Å². The number of carbonyl (C=O) groups is 1. The Morgan fingerprint density at radius 1 is 1.10 bits per heavy atom. The average molecular weight is 561 g/mol. The molecule has 1 aromatic carbocycles. The molecule has 0 bridgehead atoms. The van der Waals surface area contributed by atoms with Crippen LogP contribution in [0.2, 0.25) is 5.02 Å². The van der Waals surface area contributed by atoms with Crippen molar-refractivity contribution in [2.45, 2.75) is 31.9 Å². The number of aromatic nitrogens is 6. The van der Waals surface area contributed by atoms with Gasteiger partial charge < -0.3 is 19.8 Å². The van der Waals surface area contributed by atoms with Crippen LogP contribution in [0.1, 0.15) is 36.0 Å². The monoisotopic (exact) mass is 560 g/mol. The molecule has 4 heterocycles. The van der Waals surface area contributed by atoms with Gasteiger partial charge in [0.25, 0.3) is 11.8 Å². The molecule has 5 rings (SSSR count). The van der Waals surface area contributed by atoms with E-state index < -0.39 is 18.1 Å². The van der Waals surface area contributed by atoms with Crippen molar-refractivity contribution in [1.82, 2.24) is 35.0 Å². The molecular weight excluding hydrogens is 541 g/mol. The van der Waals surface area contributed by atoms with Crippen molar-refractivity contribution in [3.8, 4) is 28.8 Å². The van der Waals surface area contributed by atoms with Gasteiger partial charge in [-0.15, -0.1) is 10.2 Å². The number of halogens is 4. The summed E-state index contributed by atoms with van der Waals surface area (Å²) in [5.74, 6) is -1.39. The van der Waals surface area contributed by atoms with E-state index in [9.17, 15) is 18.0 Å². The minimum Gasteiger partial charge on any atom is -0.414 e. The molecule has 0 spiro atoms. The van der Waals surface area contributed by atoms with Gasteiger partial charge in [-0.25, -0.2) is 24.7 Å². The summed E-state index contributed by atoms with van der Waals surface area (Å²) in [4.78, 5) is 29.6. The molecule has 202 valence electrons. The van der Waals surface area contributed by atoms with Gasteiger partial charge in [0, 0.05) is 25.2 Å². The summed E-state index contributed by atoms with van der Waals surface area (Å²) in [6, 6.07) is 7.92. The Morgan fingerprint density at radius 3 is 2.54 bits per heavy atom. The first-order valence-electron chi connectivity index (χ1n) is 11.7. The third-order valence-electron chi connectivity index (χ3n) is 6.08. The van der Waals surface area contributed by atoms with Crippen molar-refractivity contribution >= 4 is 23.6 Å². The lowest BCUT2D eigenvalue weighted by molar-refractivity contribution is -0.144. The van der Waals surface area contributed by atoms with E-state index in [1.165, 1.54) is 6.07 Å². The summed E-state index contributed by atoms with van der Waals surface area (Å²) in [6.45, 7) is 2.42. The number of benzene rings is 1. The molecule has 0 radical (unpaired) electrons. The van der Waals surface area contributed by atoms with Crippen LogP contribution in [0.4, 0.5) is 23.9 Å². The lowest BCUT2D eigenvalue weighted by Gasteiger charge is -2.31. The molecule has 1 aliphatic rings. The van der Waals surface area contributed by atoms with Gasteiger partial charge in [0.2, 0.25) is 11.8 Å². The fourth-order valence-corrected chi connectivity index (χ4v) is 4.42. The Bertz CT molecular complexity index is 1520. The van der Waals surface area contributed by atoms with Crippen LogP contribution < -0.4 is 10.5 Å². The zero-order valence-corrected chi connectivity index (χ0v) is 21.1. The van der Waals surface area contributed by atoms with Crippen molar-refractivity contribution in [2.24, 2.45) is 0 Å². The third-order valence-corrected chi connectivity index (χ3v) is 6.39. The van der Waals surface area contributed by atoms with Gasteiger partial charge in [0.15, 0.2) is 5.75 Å². The number of nitrogens with zero attached hydrogens (tertiary/aromatic N) is 7. The molecule has 1 fully saturated rings. The number of carbonyl (C=O) groups excluding carboxylic acids is 1. The van der Waals surface area contributed by atoms with Crippen LogP contribution in [0, 0.1) is 6.92 Å². The molecule has 0 atom stereocenters. The van der Waals surface area contributed by atoms with E-state index in [1.807, 2.05) is 0 Å². The van der Waals surface area contributed by atoms with Crippen LogP contribution >= 0.6 is 11.6 Å². The largest absolute Gasteiger partial charge is 0.451 e. The zero-order valence-electron chi connectivity index (χ0n) is 20.3. The molecule has 0 aliphatic carbocycles. The first-order valence-corrected chi connectivity index (χ1v) is 12.1. The molecule has 3 aromatic heterocycles. The van der Waals surface area contributed by atoms with Crippen LogP contribution in [-0.4, -0.2) is 54.2 Å². The van der Waals surface area contributed by atoms with Crippen molar-refractivity contribution < 1.29 is 27.1 Å². The van der Waals surface area contributed by atoms with Crippen LogP contribution in [-0.2, 0) is 6.18 Å². The van der Waals surface area contributed by atoms with E-state index >= 15 is 0 Å². The molecule has 1 amide bonds. The Balaban J connectivity index is 1.37. The van der Waals surface area contributed by atoms with Crippen molar-refractivity contribution in [2.75, 3.05) is 18.8 Å². The van der Waals surface area contributed by atoms with E-state index in [0.29, 0.717) is 47.9 Å². The highest BCUT2D eigenvalue weighted by Crippen LogP contribution is 2.37. The number of aryl methyl sites for hydroxylation is 1. The number of ether oxygens (including phenoxy) is 1. The third kappa shape index (κ3) is 5.60. The fraction of sp³-hybridized carbons (Fsp3) is 0.292. The summed E-state index contributed by atoms with van der Waals surface area (Å²) >= 11 is 6.09. The van der Waals surface area contributed by atoms with Crippen LogP contribution in [0.5, 0.6) is 5.75 Å². The molecule has 39 heavy (non-hydrogen) atoms. The van der Waals surface area contributed by atoms with Gasteiger partial charge in [-0.1, -0.05) is 23.7 Å². The van der Waals surface area contributed by atoms with Gasteiger partial charge in [0.05, 0.1) is 22.0 Å². The second-order valence-corrected chi connectivity index (χ2v) is 9.07. The van der Waals surface area contributed by atoms with Gasteiger partial charge in [-0.2, -0.15) is 13.2 Å². The average Bonchev–Trinajstić information content (AvgIpc) is 3.39. The Hall–Kier alpha value is -4.33. The van der Waals surface area contributed by atoms with Crippen LogP contribution in [0.25, 0.3) is 23.0 Å². The number of nitrogen functional groups attached to an aromatic ring is 1. The van der Waals surface area contributed by atoms with Gasteiger partial charge in [0.1, 0.15) is 5.69 Å². The molecular formula is C24H20ClF3N8O3. The number of hydrogen-bond donors (Lipinski definition) is 1. The SMILES string of the molecule is Cc1nc(N)nc(C2CCN(C(=O)Oc3ccccc3Cl)CC2)c1-c1nnc(-c2ccnc(C(F)(F)F)n2)o1. The van der Waals surface area contributed by atoms with Crippen LogP contribution in [0.3, 0.4) is 0 Å². The molecule has 1 aliphatic heterocycles. The number of piperidine rings is 1. The molecule has 1 saturated heterocycles. The fourth-order valence-electron chi connectivity index (χ4n) is 4.24. The van der Waals surface area contributed by atoms with E-state index in [-0.39, 0.29) is 35.1 Å². The minimum atomic E-state index is -4.73. The quantitative estimate of drug-likeness (QED) is 0.364. The summed E-state index contributed by atoms with van der Waals surface area (Å²) in [5.41, 5.74) is 7.16. The van der Waals surface area contributed by atoms with Crippen molar-refractivity contribution in [1.29, 1.82) is 0 Å². The predicted octanol–water partition coefficient (Wildman–Crippen LogP) is 4.92. The maximum absolute atomic E-state index is 13.0. The highest BCUT2D eigenvalue weighted by molar-refractivity contribution is 6.32. The number of nitrogens with two attached hydrogens (primary N) is 1. The molecule has 4 aromatic rings. The van der Waals surface area contributed by atoms with E-state index in [0.717, 1.165) is 6.20 Å². The summed E-state index contributed by atoms with van der Waals surface area (Å²) in [7, 11) is 0. The van der Waals surface area contributed by atoms with Gasteiger partial charge in [-0.3, -0.25) is 0 Å². The predicted molar refractivity (Wildman–Crippen MR) is 132 cm³/mol. The maximum atomic E-state index is 13.0. The minimum absolute atomic E-state index is 0.00484. The van der Waals surface area contributed by atoms with E-state index in [2.05, 4.69) is 30.1 Å². The number of likely N-dealkylation sites (tertiary alicyclic amines) is 1. The number of para-hydroxylation sites is 1. The van der Waals surface area contributed by atoms with Crippen LogP contribution in [0.15, 0.2) is 40.9 Å². The van der Waals surface area contributed by atoms with Crippen molar-refractivity contribution in [3.63, 3.8) is 0 Å². The number of rotatable bonds is 4. The Kier molecular flexibility index (Phi) is 7.04. The normalized spacial score (nSPS) is 14.4. The Labute approximate surface area is 224 Å². The topological polar surface area (TPSA) is 146 Å². The number of amides is 1. The highest BCUT2D eigenvalue weighted by atomic mass is 35.5. The number of anilines is 1. The smallest absolute Gasteiger partial charge is 0.414 e. The first-order chi connectivity index (χ1) is 18.6. The second-order valence-electron chi connectivity index (χ2n) is 8.66. The molecule has 0 saturated carbocycles. The standard InChI is InChI=1S/C24H20ClF3N8O3/c1-12-17(20-35-34-19(39-20)15-6-9-30-21(32-15)24(26,27)28)18(33-22(29)31-12)13-7-10-36(11-8-13)23(37)38-16-5-3-2-4-14(16)25/h2-6,9,13H,7-8,10-11H2,1H3,(H2,29,31,33). The molecule has 2 N–H and O–H groups in total.